The van der Waals surface area contributed by atoms with Gasteiger partial charge in [-0.05, 0) is 54.4 Å². The lowest BCUT2D eigenvalue weighted by Crippen LogP contribution is -2.43. The molecule has 0 spiro atoms. The molecule has 0 heterocycles. The molecule has 0 radical (unpaired) electrons. The summed E-state index contributed by atoms with van der Waals surface area (Å²) in [4.78, 5) is 12.1. The summed E-state index contributed by atoms with van der Waals surface area (Å²) in [5.74, 6) is -0.0448. The molecule has 94 valence electrons. The van der Waals surface area contributed by atoms with Gasteiger partial charge in [0.1, 0.15) is 0 Å². The molecule has 1 rings (SSSR count). The van der Waals surface area contributed by atoms with Gasteiger partial charge in [0.05, 0.1) is 5.56 Å². The van der Waals surface area contributed by atoms with E-state index in [4.69, 9.17) is 0 Å². The molecule has 2 nitrogen and oxygen atoms in total. The van der Waals surface area contributed by atoms with Crippen LogP contribution in [0.2, 0.25) is 0 Å². The Morgan fingerprint density at radius 2 is 2.00 bits per heavy atom. The van der Waals surface area contributed by atoms with Gasteiger partial charge in [-0.3, -0.25) is 4.79 Å². The van der Waals surface area contributed by atoms with Gasteiger partial charge in [-0.25, -0.2) is 0 Å². The highest BCUT2D eigenvalue weighted by atomic mass is 79.9. The highest BCUT2D eigenvalue weighted by molar-refractivity contribution is 9.11. The van der Waals surface area contributed by atoms with Crippen molar-refractivity contribution in [2.75, 3.05) is 0 Å². The van der Waals surface area contributed by atoms with E-state index < -0.39 is 0 Å². The van der Waals surface area contributed by atoms with Gasteiger partial charge in [-0.2, -0.15) is 0 Å². The van der Waals surface area contributed by atoms with Crippen molar-refractivity contribution in [3.05, 3.63) is 32.7 Å². The summed E-state index contributed by atoms with van der Waals surface area (Å²) in [5, 5.41) is 3.05. The fourth-order valence-electron chi connectivity index (χ4n) is 1.73. The third-order valence-electron chi connectivity index (χ3n) is 2.50. The molecule has 0 aromatic heterocycles. The Kier molecular flexibility index (Phi) is 5.20. The second kappa shape index (κ2) is 6.01. The second-order valence-electron chi connectivity index (χ2n) is 4.71. The van der Waals surface area contributed by atoms with Crippen LogP contribution in [0.1, 0.15) is 44.0 Å². The van der Waals surface area contributed by atoms with E-state index in [0.29, 0.717) is 5.56 Å². The van der Waals surface area contributed by atoms with Gasteiger partial charge >= 0.3 is 0 Å². The molecule has 4 heteroatoms. The van der Waals surface area contributed by atoms with Crippen LogP contribution in [0.5, 0.6) is 0 Å². The first-order valence-electron chi connectivity index (χ1n) is 5.63. The summed E-state index contributed by atoms with van der Waals surface area (Å²) in [6.45, 7) is 6.20. The van der Waals surface area contributed by atoms with E-state index in [0.717, 1.165) is 21.8 Å². The molecule has 1 N–H and O–H groups in total. The molecule has 1 aromatic carbocycles. The monoisotopic (exact) mass is 361 g/mol. The van der Waals surface area contributed by atoms with Gasteiger partial charge in [0.15, 0.2) is 0 Å². The zero-order valence-electron chi connectivity index (χ0n) is 10.3. The van der Waals surface area contributed by atoms with Gasteiger partial charge in [0.2, 0.25) is 0 Å². The first kappa shape index (κ1) is 14.7. The van der Waals surface area contributed by atoms with Gasteiger partial charge in [0, 0.05) is 14.5 Å². The lowest BCUT2D eigenvalue weighted by Gasteiger charge is -2.26. The fourth-order valence-corrected chi connectivity index (χ4v) is 2.52. The van der Waals surface area contributed by atoms with Crippen LogP contribution in [-0.4, -0.2) is 11.4 Å². The zero-order chi connectivity index (χ0) is 13.1. The molecule has 0 unspecified atom stereocenters. The summed E-state index contributed by atoms with van der Waals surface area (Å²) >= 11 is 6.77. The van der Waals surface area contributed by atoms with Crippen molar-refractivity contribution in [1.82, 2.24) is 5.32 Å². The van der Waals surface area contributed by atoms with Crippen LogP contribution in [0.25, 0.3) is 0 Å². The van der Waals surface area contributed by atoms with Crippen molar-refractivity contribution in [2.45, 2.75) is 39.2 Å². The average molecular weight is 363 g/mol. The number of rotatable bonds is 4. The number of amides is 1. The highest BCUT2D eigenvalue weighted by Crippen LogP contribution is 2.22. The van der Waals surface area contributed by atoms with E-state index in [1.165, 1.54) is 0 Å². The molecule has 0 saturated heterocycles. The molecule has 1 aromatic rings. The normalized spacial score (nSPS) is 11.4. The van der Waals surface area contributed by atoms with Gasteiger partial charge in [0.25, 0.3) is 5.91 Å². The van der Waals surface area contributed by atoms with Crippen molar-refractivity contribution < 1.29 is 4.79 Å². The summed E-state index contributed by atoms with van der Waals surface area (Å²) < 4.78 is 1.71. The van der Waals surface area contributed by atoms with E-state index in [1.807, 2.05) is 32.0 Å². The molecule has 17 heavy (non-hydrogen) atoms. The number of carbonyl (C=O) groups is 1. The molecular formula is C13H17Br2NO. The first-order valence-corrected chi connectivity index (χ1v) is 7.22. The zero-order valence-corrected chi connectivity index (χ0v) is 13.5. The van der Waals surface area contributed by atoms with Crippen LogP contribution in [-0.2, 0) is 0 Å². The van der Waals surface area contributed by atoms with E-state index in [9.17, 15) is 4.79 Å². The summed E-state index contributed by atoms with van der Waals surface area (Å²) in [5.41, 5.74) is 0.483. The number of carbonyl (C=O) groups excluding carboxylic acids is 1. The molecule has 0 aliphatic carbocycles. The maximum atomic E-state index is 12.1. The van der Waals surface area contributed by atoms with Crippen LogP contribution >= 0.6 is 31.9 Å². The first-order chi connectivity index (χ1) is 7.85. The minimum absolute atomic E-state index is 0.0448. The molecule has 1 amide bonds. The predicted octanol–water partition coefficient (Wildman–Crippen LogP) is 4.52. The SMILES string of the molecule is CCCC(C)(C)NC(=O)c1cc(Br)ccc1Br. The van der Waals surface area contributed by atoms with Crippen LogP contribution in [0.3, 0.4) is 0 Å². The van der Waals surface area contributed by atoms with Crippen molar-refractivity contribution in [1.29, 1.82) is 0 Å². The van der Waals surface area contributed by atoms with Crippen molar-refractivity contribution in [3.8, 4) is 0 Å². The molecular weight excluding hydrogens is 346 g/mol. The van der Waals surface area contributed by atoms with Gasteiger partial charge in [-0.1, -0.05) is 29.3 Å². The Labute approximate surface area is 119 Å². The number of hydrogen-bond donors (Lipinski definition) is 1. The number of benzene rings is 1. The highest BCUT2D eigenvalue weighted by Gasteiger charge is 2.21. The molecule has 0 bridgehead atoms. The smallest absolute Gasteiger partial charge is 0.252 e. The number of hydrogen-bond acceptors (Lipinski definition) is 1. The van der Waals surface area contributed by atoms with Gasteiger partial charge in [-0.15, -0.1) is 0 Å². The van der Waals surface area contributed by atoms with Crippen LogP contribution in [0.15, 0.2) is 27.1 Å². The average Bonchev–Trinajstić information content (AvgIpc) is 2.20. The largest absolute Gasteiger partial charge is 0.347 e. The molecule has 0 aliphatic heterocycles. The quantitative estimate of drug-likeness (QED) is 0.838. The fraction of sp³-hybridized carbons (Fsp3) is 0.462. The minimum Gasteiger partial charge on any atom is -0.347 e. The minimum atomic E-state index is -0.173. The Morgan fingerprint density at radius 1 is 1.35 bits per heavy atom. The van der Waals surface area contributed by atoms with E-state index in [1.54, 1.807) is 0 Å². The Bertz CT molecular complexity index is 416. The molecule has 0 atom stereocenters. The van der Waals surface area contributed by atoms with Crippen LogP contribution in [0.4, 0.5) is 0 Å². The third-order valence-corrected chi connectivity index (χ3v) is 3.68. The topological polar surface area (TPSA) is 29.1 Å². The second-order valence-corrected chi connectivity index (χ2v) is 6.48. The molecule has 0 saturated carbocycles. The maximum absolute atomic E-state index is 12.1. The third kappa shape index (κ3) is 4.43. The van der Waals surface area contributed by atoms with E-state index >= 15 is 0 Å². The van der Waals surface area contributed by atoms with Gasteiger partial charge < -0.3 is 5.32 Å². The summed E-state index contributed by atoms with van der Waals surface area (Å²) in [6, 6.07) is 5.59. The molecule has 0 fully saturated rings. The maximum Gasteiger partial charge on any atom is 0.252 e. The van der Waals surface area contributed by atoms with Crippen molar-refractivity contribution in [2.24, 2.45) is 0 Å². The Balaban J connectivity index is 2.86. The van der Waals surface area contributed by atoms with Crippen LogP contribution in [0, 0.1) is 0 Å². The summed E-state index contributed by atoms with van der Waals surface area (Å²) in [7, 11) is 0. The standard InChI is InChI=1S/C13H17Br2NO/c1-4-7-13(2,3)16-12(17)10-8-9(14)5-6-11(10)15/h5-6,8H,4,7H2,1-3H3,(H,16,17). The van der Waals surface area contributed by atoms with E-state index in [2.05, 4.69) is 44.1 Å². The Hall–Kier alpha value is -0.350. The number of nitrogens with one attached hydrogen (secondary N) is 1. The van der Waals surface area contributed by atoms with Crippen LogP contribution < -0.4 is 5.32 Å². The molecule has 0 aliphatic rings. The lowest BCUT2D eigenvalue weighted by molar-refractivity contribution is 0.0908. The van der Waals surface area contributed by atoms with Crippen molar-refractivity contribution >= 4 is 37.8 Å². The van der Waals surface area contributed by atoms with Crippen molar-refractivity contribution in [3.63, 3.8) is 0 Å². The number of halogens is 2. The predicted molar refractivity (Wildman–Crippen MR) is 78.3 cm³/mol. The van der Waals surface area contributed by atoms with E-state index in [-0.39, 0.29) is 11.4 Å². The lowest BCUT2D eigenvalue weighted by atomic mass is 9.98. The summed E-state index contributed by atoms with van der Waals surface area (Å²) in [6.07, 6.45) is 2.01. The Morgan fingerprint density at radius 3 is 2.59 bits per heavy atom.